The number of nitrogens with two attached hydrogens (primary N) is 1. The van der Waals surface area contributed by atoms with Crippen LogP contribution >= 0.6 is 11.6 Å². The van der Waals surface area contributed by atoms with Crippen molar-refractivity contribution in [1.82, 2.24) is 5.43 Å². The molecule has 0 aromatic heterocycles. The second kappa shape index (κ2) is 6.26. The molecule has 0 radical (unpaired) electrons. The topological polar surface area (TPSA) is 38.0 Å². The minimum absolute atomic E-state index is 0.00262. The largest absolute Gasteiger partial charge is 0.271 e. The van der Waals surface area contributed by atoms with Crippen LogP contribution in [0.25, 0.3) is 0 Å². The molecule has 106 valence electrons. The van der Waals surface area contributed by atoms with Gasteiger partial charge in [0.1, 0.15) is 17.5 Å². The van der Waals surface area contributed by atoms with Crippen LogP contribution in [0.15, 0.2) is 36.4 Å². The molecule has 3 N–H and O–H groups in total. The van der Waals surface area contributed by atoms with E-state index in [1.54, 1.807) is 0 Å². The number of halogens is 4. The number of hydrogen-bond donors (Lipinski definition) is 2. The fraction of sp³-hybridized carbons (Fsp3) is 0.143. The predicted molar refractivity (Wildman–Crippen MR) is 71.5 cm³/mol. The average Bonchev–Trinajstić information content (AvgIpc) is 2.39. The molecule has 6 heteroatoms. The second-order valence-corrected chi connectivity index (χ2v) is 4.73. The summed E-state index contributed by atoms with van der Waals surface area (Å²) in [6.07, 6.45) is -0.00262. The average molecular weight is 301 g/mol. The Morgan fingerprint density at radius 1 is 1.05 bits per heavy atom. The van der Waals surface area contributed by atoms with Crippen LogP contribution in [0.5, 0.6) is 0 Å². The molecule has 2 aromatic rings. The van der Waals surface area contributed by atoms with E-state index in [1.807, 2.05) is 0 Å². The van der Waals surface area contributed by atoms with E-state index < -0.39 is 23.5 Å². The Morgan fingerprint density at radius 2 is 1.70 bits per heavy atom. The first-order valence-corrected chi connectivity index (χ1v) is 6.24. The highest BCUT2D eigenvalue weighted by molar-refractivity contribution is 6.30. The van der Waals surface area contributed by atoms with Crippen molar-refractivity contribution in [3.63, 3.8) is 0 Å². The molecule has 2 aromatic carbocycles. The maximum Gasteiger partial charge on any atom is 0.130 e. The van der Waals surface area contributed by atoms with Gasteiger partial charge in [-0.05, 0) is 36.2 Å². The number of benzene rings is 2. The van der Waals surface area contributed by atoms with E-state index in [0.717, 1.165) is 18.2 Å². The SMILES string of the molecule is NNC(Cc1ccc(Cl)cc1F)c1c(F)cccc1F. The molecule has 0 amide bonds. The third-order valence-electron chi connectivity index (χ3n) is 2.99. The highest BCUT2D eigenvalue weighted by Crippen LogP contribution is 2.25. The molecule has 0 spiro atoms. The van der Waals surface area contributed by atoms with E-state index in [4.69, 9.17) is 17.4 Å². The van der Waals surface area contributed by atoms with Gasteiger partial charge in [0, 0.05) is 10.6 Å². The van der Waals surface area contributed by atoms with Gasteiger partial charge in [-0.1, -0.05) is 23.7 Å². The smallest absolute Gasteiger partial charge is 0.130 e. The highest BCUT2D eigenvalue weighted by atomic mass is 35.5. The molecule has 0 aliphatic rings. The summed E-state index contributed by atoms with van der Waals surface area (Å²) < 4.78 is 41.1. The second-order valence-electron chi connectivity index (χ2n) is 4.29. The Labute approximate surface area is 119 Å². The van der Waals surface area contributed by atoms with Crippen LogP contribution in [0, 0.1) is 17.5 Å². The summed E-state index contributed by atoms with van der Waals surface area (Å²) in [7, 11) is 0. The summed E-state index contributed by atoms with van der Waals surface area (Å²) in [6, 6.07) is 6.73. The molecule has 1 unspecified atom stereocenters. The third-order valence-corrected chi connectivity index (χ3v) is 3.22. The van der Waals surface area contributed by atoms with Gasteiger partial charge in [0.25, 0.3) is 0 Å². The monoisotopic (exact) mass is 300 g/mol. The van der Waals surface area contributed by atoms with Gasteiger partial charge in [-0.25, -0.2) is 13.2 Å². The Balaban J connectivity index is 2.34. The molecule has 2 nitrogen and oxygen atoms in total. The summed E-state index contributed by atoms with van der Waals surface area (Å²) in [4.78, 5) is 0. The van der Waals surface area contributed by atoms with Crippen LogP contribution in [0.2, 0.25) is 5.02 Å². The summed E-state index contributed by atoms with van der Waals surface area (Å²) in [5.74, 6) is 3.32. The van der Waals surface area contributed by atoms with E-state index in [1.165, 1.54) is 18.2 Å². The molecule has 20 heavy (non-hydrogen) atoms. The van der Waals surface area contributed by atoms with Gasteiger partial charge in [-0.2, -0.15) is 0 Å². The van der Waals surface area contributed by atoms with E-state index in [-0.39, 0.29) is 22.6 Å². The molecular weight excluding hydrogens is 289 g/mol. The van der Waals surface area contributed by atoms with Crippen LogP contribution < -0.4 is 11.3 Å². The van der Waals surface area contributed by atoms with Crippen LogP contribution in [0.1, 0.15) is 17.2 Å². The molecule has 1 atom stereocenters. The van der Waals surface area contributed by atoms with Crippen molar-refractivity contribution in [3.05, 3.63) is 70.0 Å². The zero-order valence-corrected chi connectivity index (χ0v) is 11.1. The van der Waals surface area contributed by atoms with Gasteiger partial charge in [0.05, 0.1) is 6.04 Å². The maximum absolute atomic E-state index is 13.7. The Kier molecular flexibility index (Phi) is 4.65. The van der Waals surface area contributed by atoms with Crippen LogP contribution in [0.3, 0.4) is 0 Å². The fourth-order valence-electron chi connectivity index (χ4n) is 2.00. The van der Waals surface area contributed by atoms with E-state index >= 15 is 0 Å². The lowest BCUT2D eigenvalue weighted by atomic mass is 9.98. The van der Waals surface area contributed by atoms with Gasteiger partial charge in [-0.3, -0.25) is 11.3 Å². The Morgan fingerprint density at radius 3 is 2.25 bits per heavy atom. The van der Waals surface area contributed by atoms with Gasteiger partial charge >= 0.3 is 0 Å². The molecule has 0 saturated heterocycles. The van der Waals surface area contributed by atoms with Crippen molar-refractivity contribution < 1.29 is 13.2 Å². The lowest BCUT2D eigenvalue weighted by molar-refractivity contribution is 0.466. The lowest BCUT2D eigenvalue weighted by Gasteiger charge is -2.18. The zero-order chi connectivity index (χ0) is 14.7. The van der Waals surface area contributed by atoms with Gasteiger partial charge < -0.3 is 0 Å². The predicted octanol–water partition coefficient (Wildman–Crippen LogP) is 3.50. The summed E-state index contributed by atoms with van der Waals surface area (Å²) in [5, 5.41) is 0.251. The summed E-state index contributed by atoms with van der Waals surface area (Å²) in [6.45, 7) is 0. The third kappa shape index (κ3) is 3.12. The van der Waals surface area contributed by atoms with Gasteiger partial charge in [-0.15, -0.1) is 0 Å². The van der Waals surface area contributed by atoms with Crippen LogP contribution in [-0.4, -0.2) is 0 Å². The van der Waals surface area contributed by atoms with Crippen molar-refractivity contribution in [2.45, 2.75) is 12.5 Å². The first-order chi connectivity index (χ1) is 9.52. The van der Waals surface area contributed by atoms with E-state index in [9.17, 15) is 13.2 Å². The zero-order valence-electron chi connectivity index (χ0n) is 10.3. The van der Waals surface area contributed by atoms with Crippen molar-refractivity contribution in [3.8, 4) is 0 Å². The van der Waals surface area contributed by atoms with Crippen LogP contribution in [-0.2, 0) is 6.42 Å². The van der Waals surface area contributed by atoms with Crippen molar-refractivity contribution in [1.29, 1.82) is 0 Å². The lowest BCUT2D eigenvalue weighted by Crippen LogP contribution is -2.31. The number of hydrazine groups is 1. The normalized spacial score (nSPS) is 12.4. The Hall–Kier alpha value is -1.56. The number of hydrogen-bond acceptors (Lipinski definition) is 2. The first-order valence-electron chi connectivity index (χ1n) is 5.87. The van der Waals surface area contributed by atoms with Crippen molar-refractivity contribution in [2.24, 2.45) is 5.84 Å². The molecule has 0 aliphatic carbocycles. The van der Waals surface area contributed by atoms with Crippen LogP contribution in [0.4, 0.5) is 13.2 Å². The maximum atomic E-state index is 13.7. The molecule has 0 aliphatic heterocycles. The first kappa shape index (κ1) is 14.8. The summed E-state index contributed by atoms with van der Waals surface area (Å²) >= 11 is 5.65. The molecule has 2 rings (SSSR count). The quantitative estimate of drug-likeness (QED) is 0.670. The van der Waals surface area contributed by atoms with Crippen molar-refractivity contribution in [2.75, 3.05) is 0 Å². The molecule has 0 saturated carbocycles. The molecule has 0 bridgehead atoms. The molecule has 0 heterocycles. The standard InChI is InChI=1S/C14H12ClF3N2/c15-9-5-4-8(12(18)7-9)6-13(20-19)14-10(16)2-1-3-11(14)17/h1-5,7,13,20H,6,19H2. The van der Waals surface area contributed by atoms with E-state index in [0.29, 0.717) is 0 Å². The minimum Gasteiger partial charge on any atom is -0.271 e. The van der Waals surface area contributed by atoms with Gasteiger partial charge in [0.2, 0.25) is 0 Å². The van der Waals surface area contributed by atoms with E-state index in [2.05, 4.69) is 5.43 Å². The summed E-state index contributed by atoms with van der Waals surface area (Å²) in [5.41, 5.74) is 2.36. The highest BCUT2D eigenvalue weighted by Gasteiger charge is 2.20. The fourth-order valence-corrected chi connectivity index (χ4v) is 2.15. The Bertz CT molecular complexity index is 599. The number of rotatable bonds is 4. The van der Waals surface area contributed by atoms with Crippen molar-refractivity contribution >= 4 is 11.6 Å². The molecule has 0 fully saturated rings. The molecular formula is C14H12ClF3N2. The minimum atomic E-state index is -0.883. The number of nitrogens with one attached hydrogen (secondary N) is 1. The van der Waals surface area contributed by atoms with Gasteiger partial charge in [0.15, 0.2) is 0 Å².